The van der Waals surface area contributed by atoms with Gasteiger partial charge in [0.25, 0.3) is 0 Å². The molecular formula is C14H21N3O3. The normalized spacial score (nSPS) is 22.4. The van der Waals surface area contributed by atoms with Crippen molar-refractivity contribution in [3.63, 3.8) is 0 Å². The number of carbonyl (C=O) groups excluding carboxylic acids is 2. The van der Waals surface area contributed by atoms with Crippen LogP contribution in [-0.4, -0.2) is 34.8 Å². The van der Waals surface area contributed by atoms with Gasteiger partial charge in [0, 0.05) is 6.04 Å². The van der Waals surface area contributed by atoms with E-state index in [0.29, 0.717) is 5.76 Å². The Hall–Kier alpha value is -1.66. The van der Waals surface area contributed by atoms with E-state index in [1.807, 2.05) is 26.0 Å². The number of aryl methyl sites for hydroxylation is 1. The van der Waals surface area contributed by atoms with E-state index in [9.17, 15) is 9.59 Å². The van der Waals surface area contributed by atoms with Crippen LogP contribution in [0, 0.1) is 6.92 Å². The predicted octanol–water partition coefficient (Wildman–Crippen LogP) is 0.713. The molecule has 1 aromatic rings. The summed E-state index contributed by atoms with van der Waals surface area (Å²) >= 11 is 0. The Morgan fingerprint density at radius 3 is 2.55 bits per heavy atom. The van der Waals surface area contributed by atoms with Crippen molar-refractivity contribution in [2.24, 2.45) is 5.73 Å². The van der Waals surface area contributed by atoms with E-state index in [2.05, 4.69) is 5.32 Å². The molecule has 0 saturated carbocycles. The number of piperazine rings is 1. The fourth-order valence-corrected chi connectivity index (χ4v) is 2.56. The van der Waals surface area contributed by atoms with Crippen LogP contribution >= 0.6 is 0 Å². The summed E-state index contributed by atoms with van der Waals surface area (Å²) < 4.78 is 5.66. The van der Waals surface area contributed by atoms with Gasteiger partial charge in [-0.3, -0.25) is 19.8 Å². The molecule has 0 aromatic carbocycles. The van der Waals surface area contributed by atoms with Crippen LogP contribution in [0.2, 0.25) is 0 Å². The zero-order valence-corrected chi connectivity index (χ0v) is 12.3. The molecule has 1 saturated heterocycles. The van der Waals surface area contributed by atoms with Gasteiger partial charge in [-0.05, 0) is 39.8 Å². The number of amides is 2. The lowest BCUT2D eigenvalue weighted by atomic mass is 9.93. The second-order valence-corrected chi connectivity index (χ2v) is 5.82. The Kier molecular flexibility index (Phi) is 3.71. The van der Waals surface area contributed by atoms with Crippen molar-refractivity contribution in [3.05, 3.63) is 23.7 Å². The van der Waals surface area contributed by atoms with E-state index in [1.54, 1.807) is 18.7 Å². The van der Waals surface area contributed by atoms with E-state index in [-0.39, 0.29) is 30.4 Å². The Labute approximate surface area is 118 Å². The van der Waals surface area contributed by atoms with Crippen LogP contribution in [0.1, 0.15) is 38.3 Å². The molecule has 0 radical (unpaired) electrons. The second-order valence-electron chi connectivity index (χ2n) is 5.82. The highest BCUT2D eigenvalue weighted by molar-refractivity contribution is 6.03. The summed E-state index contributed by atoms with van der Waals surface area (Å²) in [6, 6.07) is 3.09. The minimum Gasteiger partial charge on any atom is -0.465 e. The maximum Gasteiger partial charge on any atom is 0.246 e. The fourth-order valence-electron chi connectivity index (χ4n) is 2.56. The van der Waals surface area contributed by atoms with Crippen molar-refractivity contribution in [1.82, 2.24) is 10.2 Å². The van der Waals surface area contributed by atoms with Gasteiger partial charge in [-0.15, -0.1) is 0 Å². The maximum atomic E-state index is 12.1. The summed E-state index contributed by atoms with van der Waals surface area (Å²) in [5, 5.41) is 2.36. The highest BCUT2D eigenvalue weighted by atomic mass is 16.3. The molecule has 6 heteroatoms. The molecule has 0 spiro atoms. The standard InChI is InChI=1S/C14H21N3O3/c1-8-5-6-10(20-8)12(9(2)15)17-7-11(18)16-13(19)14(17,3)4/h5-6,9,12H,7,15H2,1-4H3,(H,16,18,19). The number of nitrogens with zero attached hydrogens (tertiary/aromatic N) is 1. The predicted molar refractivity (Wildman–Crippen MR) is 73.8 cm³/mol. The van der Waals surface area contributed by atoms with Crippen molar-refractivity contribution < 1.29 is 14.0 Å². The molecule has 3 N–H and O–H groups in total. The summed E-state index contributed by atoms with van der Waals surface area (Å²) in [6.45, 7) is 7.36. The summed E-state index contributed by atoms with van der Waals surface area (Å²) in [5.74, 6) is 0.815. The summed E-state index contributed by atoms with van der Waals surface area (Å²) in [7, 11) is 0. The summed E-state index contributed by atoms with van der Waals surface area (Å²) in [6.07, 6.45) is 0. The average Bonchev–Trinajstić information content (AvgIpc) is 2.72. The molecular weight excluding hydrogens is 258 g/mol. The SMILES string of the molecule is Cc1ccc(C(C(C)N)N2CC(=O)NC(=O)C2(C)C)o1. The minimum atomic E-state index is -0.826. The lowest BCUT2D eigenvalue weighted by molar-refractivity contribution is -0.148. The molecule has 6 nitrogen and oxygen atoms in total. The maximum absolute atomic E-state index is 12.1. The van der Waals surface area contributed by atoms with Crippen molar-refractivity contribution >= 4 is 11.8 Å². The molecule has 1 aromatic heterocycles. The van der Waals surface area contributed by atoms with Crippen LogP contribution in [0.5, 0.6) is 0 Å². The number of imide groups is 1. The number of furan rings is 1. The number of carbonyl (C=O) groups is 2. The van der Waals surface area contributed by atoms with E-state index in [0.717, 1.165) is 5.76 Å². The quantitative estimate of drug-likeness (QED) is 0.796. The molecule has 110 valence electrons. The lowest BCUT2D eigenvalue weighted by Gasteiger charge is -2.45. The monoisotopic (exact) mass is 279 g/mol. The van der Waals surface area contributed by atoms with Crippen LogP contribution in [-0.2, 0) is 9.59 Å². The van der Waals surface area contributed by atoms with Crippen LogP contribution < -0.4 is 11.1 Å². The lowest BCUT2D eigenvalue weighted by Crippen LogP contribution is -2.66. The smallest absolute Gasteiger partial charge is 0.246 e. The van der Waals surface area contributed by atoms with Crippen molar-refractivity contribution in [2.75, 3.05) is 6.54 Å². The first-order valence-electron chi connectivity index (χ1n) is 6.66. The fraction of sp³-hybridized carbons (Fsp3) is 0.571. The molecule has 1 aliphatic heterocycles. The Bertz CT molecular complexity index is 534. The zero-order chi connectivity index (χ0) is 15.1. The Morgan fingerprint density at radius 2 is 2.05 bits per heavy atom. The van der Waals surface area contributed by atoms with Gasteiger partial charge in [0.1, 0.15) is 11.5 Å². The molecule has 0 aliphatic carbocycles. The van der Waals surface area contributed by atoms with Gasteiger partial charge in [-0.1, -0.05) is 0 Å². The highest BCUT2D eigenvalue weighted by Gasteiger charge is 2.46. The van der Waals surface area contributed by atoms with Crippen LogP contribution in [0.4, 0.5) is 0 Å². The number of hydrogen-bond donors (Lipinski definition) is 2. The van der Waals surface area contributed by atoms with Gasteiger partial charge in [-0.25, -0.2) is 0 Å². The molecule has 1 aliphatic rings. The molecule has 20 heavy (non-hydrogen) atoms. The number of nitrogens with one attached hydrogen (secondary N) is 1. The first-order valence-corrected chi connectivity index (χ1v) is 6.66. The third kappa shape index (κ3) is 2.48. The van der Waals surface area contributed by atoms with Crippen molar-refractivity contribution in [1.29, 1.82) is 0 Å². The van der Waals surface area contributed by atoms with Gasteiger partial charge in [0.05, 0.1) is 18.1 Å². The van der Waals surface area contributed by atoms with Crippen LogP contribution in [0.3, 0.4) is 0 Å². The summed E-state index contributed by atoms with van der Waals surface area (Å²) in [4.78, 5) is 25.5. The van der Waals surface area contributed by atoms with Crippen molar-refractivity contribution in [2.45, 2.75) is 45.3 Å². The van der Waals surface area contributed by atoms with Crippen molar-refractivity contribution in [3.8, 4) is 0 Å². The van der Waals surface area contributed by atoms with Gasteiger partial charge < -0.3 is 10.2 Å². The van der Waals surface area contributed by atoms with E-state index >= 15 is 0 Å². The van der Waals surface area contributed by atoms with E-state index < -0.39 is 5.54 Å². The average molecular weight is 279 g/mol. The number of nitrogens with two attached hydrogens (primary N) is 1. The second kappa shape index (κ2) is 5.03. The Morgan fingerprint density at radius 1 is 1.40 bits per heavy atom. The molecule has 2 atom stereocenters. The van der Waals surface area contributed by atoms with Gasteiger partial charge in [0.15, 0.2) is 0 Å². The Balaban J connectivity index is 2.42. The highest BCUT2D eigenvalue weighted by Crippen LogP contribution is 2.33. The van der Waals surface area contributed by atoms with E-state index in [1.165, 1.54) is 0 Å². The van der Waals surface area contributed by atoms with E-state index in [4.69, 9.17) is 10.2 Å². The molecule has 0 bridgehead atoms. The minimum absolute atomic E-state index is 0.116. The van der Waals surface area contributed by atoms with Crippen LogP contribution in [0.25, 0.3) is 0 Å². The van der Waals surface area contributed by atoms with Gasteiger partial charge in [0.2, 0.25) is 11.8 Å². The number of hydrogen-bond acceptors (Lipinski definition) is 5. The zero-order valence-electron chi connectivity index (χ0n) is 12.3. The third-order valence-electron chi connectivity index (χ3n) is 3.73. The third-order valence-corrected chi connectivity index (χ3v) is 3.73. The largest absolute Gasteiger partial charge is 0.465 e. The summed E-state index contributed by atoms with van der Waals surface area (Å²) in [5.41, 5.74) is 5.25. The molecule has 2 heterocycles. The number of rotatable bonds is 3. The van der Waals surface area contributed by atoms with Crippen LogP contribution in [0.15, 0.2) is 16.5 Å². The first-order chi connectivity index (χ1) is 9.23. The van der Waals surface area contributed by atoms with Gasteiger partial charge in [-0.2, -0.15) is 0 Å². The first kappa shape index (κ1) is 14.7. The molecule has 2 amide bonds. The van der Waals surface area contributed by atoms with Gasteiger partial charge >= 0.3 is 0 Å². The topological polar surface area (TPSA) is 88.6 Å². The molecule has 2 unspecified atom stereocenters. The molecule has 1 fully saturated rings. The molecule has 2 rings (SSSR count).